The van der Waals surface area contributed by atoms with Crippen molar-refractivity contribution in [1.29, 1.82) is 0 Å². The Hall–Kier alpha value is -0.980. The molecule has 4 rings (SSSR count). The summed E-state index contributed by atoms with van der Waals surface area (Å²) in [4.78, 5) is 18.8. The summed E-state index contributed by atoms with van der Waals surface area (Å²) in [5.74, 6) is 0.686. The van der Waals surface area contributed by atoms with Gasteiger partial charge in [-0.3, -0.25) is 4.79 Å². The van der Waals surface area contributed by atoms with Crippen molar-refractivity contribution in [2.24, 2.45) is 5.92 Å². The second-order valence-electron chi connectivity index (χ2n) is 6.91. The molecule has 0 bridgehead atoms. The third-order valence-electron chi connectivity index (χ3n) is 5.07. The molecule has 2 saturated heterocycles. The number of hydrogen-bond donors (Lipinski definition) is 0. The van der Waals surface area contributed by atoms with E-state index >= 15 is 0 Å². The average Bonchev–Trinajstić information content (AvgIpc) is 3.19. The number of carbonyl (C=O) groups excluding carboxylic acids is 1. The Morgan fingerprint density at radius 3 is 3.00 bits per heavy atom. The summed E-state index contributed by atoms with van der Waals surface area (Å²) in [7, 11) is 0. The predicted molar refractivity (Wildman–Crippen MR) is 87.2 cm³/mol. The van der Waals surface area contributed by atoms with Crippen molar-refractivity contribution in [3.05, 3.63) is 16.1 Å². The van der Waals surface area contributed by atoms with E-state index in [1.807, 2.05) is 12.3 Å². The fourth-order valence-electron chi connectivity index (χ4n) is 3.73. The lowest BCUT2D eigenvalue weighted by Crippen LogP contribution is -2.46. The predicted octanol–water partition coefficient (Wildman–Crippen LogP) is 2.53. The van der Waals surface area contributed by atoms with Gasteiger partial charge in [-0.05, 0) is 39.0 Å². The van der Waals surface area contributed by atoms with Gasteiger partial charge < -0.3 is 14.4 Å². The fourth-order valence-corrected chi connectivity index (χ4v) is 4.33. The molecule has 3 fully saturated rings. The van der Waals surface area contributed by atoms with Crippen LogP contribution in [0.5, 0.6) is 0 Å². The molecule has 5 nitrogen and oxygen atoms in total. The molecule has 1 aromatic rings. The third-order valence-corrected chi connectivity index (χ3v) is 5.89. The van der Waals surface area contributed by atoms with Crippen LogP contribution in [0.15, 0.2) is 5.38 Å². The van der Waals surface area contributed by atoms with E-state index in [0.29, 0.717) is 31.1 Å². The molecule has 3 aliphatic rings. The Balaban J connectivity index is 1.24. The van der Waals surface area contributed by atoms with Crippen LogP contribution in [0.3, 0.4) is 0 Å². The van der Waals surface area contributed by atoms with Gasteiger partial charge >= 0.3 is 0 Å². The topological polar surface area (TPSA) is 51.7 Å². The standard InChI is InChI=1S/C17H24N2O3S/c1-11-18-13(10-23-11)8-21-9-14-4-5-15-16(22-14)6-7-19(15)17(20)12-2-3-12/h10,12,14-16H,2-9H2,1H3/t14-,15+,16+/m0/s1. The van der Waals surface area contributed by atoms with Crippen LogP contribution in [0.4, 0.5) is 0 Å². The number of likely N-dealkylation sites (tertiary alicyclic amines) is 1. The highest BCUT2D eigenvalue weighted by atomic mass is 32.1. The first kappa shape index (κ1) is 15.5. The SMILES string of the molecule is Cc1nc(COC[C@@H]2CC[C@@H]3[C@@H](CCN3C(=O)C3CC3)O2)cs1. The molecule has 2 aliphatic heterocycles. The number of fused-ring (bicyclic) bond motifs is 1. The Morgan fingerprint density at radius 2 is 2.26 bits per heavy atom. The van der Waals surface area contributed by atoms with Crippen LogP contribution in [0.25, 0.3) is 0 Å². The van der Waals surface area contributed by atoms with Crippen molar-refractivity contribution in [3.8, 4) is 0 Å². The van der Waals surface area contributed by atoms with E-state index in [1.165, 1.54) is 0 Å². The lowest BCUT2D eigenvalue weighted by Gasteiger charge is -2.36. The Kier molecular flexibility index (Phi) is 4.39. The van der Waals surface area contributed by atoms with E-state index in [9.17, 15) is 4.79 Å². The minimum Gasteiger partial charge on any atom is -0.372 e. The lowest BCUT2D eigenvalue weighted by atomic mass is 9.99. The minimum atomic E-state index is 0.159. The van der Waals surface area contributed by atoms with Crippen LogP contribution in [-0.2, 0) is 20.9 Å². The molecule has 1 aliphatic carbocycles. The number of thiazole rings is 1. The summed E-state index contributed by atoms with van der Waals surface area (Å²) >= 11 is 1.65. The molecule has 6 heteroatoms. The Labute approximate surface area is 141 Å². The molecule has 23 heavy (non-hydrogen) atoms. The molecule has 0 radical (unpaired) electrons. The van der Waals surface area contributed by atoms with E-state index < -0.39 is 0 Å². The first-order chi connectivity index (χ1) is 11.2. The maximum atomic E-state index is 12.3. The minimum absolute atomic E-state index is 0.159. The van der Waals surface area contributed by atoms with Crippen molar-refractivity contribution in [1.82, 2.24) is 9.88 Å². The Bertz CT molecular complexity index is 572. The van der Waals surface area contributed by atoms with Crippen LogP contribution in [-0.4, -0.2) is 47.2 Å². The molecular weight excluding hydrogens is 312 g/mol. The number of ether oxygens (including phenoxy) is 2. The summed E-state index contributed by atoms with van der Waals surface area (Å²) in [6.45, 7) is 4.06. The maximum Gasteiger partial charge on any atom is 0.226 e. The van der Waals surface area contributed by atoms with Gasteiger partial charge in [0.05, 0.1) is 42.2 Å². The molecule has 1 amide bonds. The number of rotatable bonds is 5. The highest BCUT2D eigenvalue weighted by Crippen LogP contribution is 2.37. The first-order valence-electron chi connectivity index (χ1n) is 8.65. The van der Waals surface area contributed by atoms with Gasteiger partial charge in [0.2, 0.25) is 5.91 Å². The molecule has 0 spiro atoms. The summed E-state index contributed by atoms with van der Waals surface area (Å²) < 4.78 is 12.0. The van der Waals surface area contributed by atoms with Crippen LogP contribution in [0.2, 0.25) is 0 Å². The molecule has 3 heterocycles. The van der Waals surface area contributed by atoms with Gasteiger partial charge in [-0.25, -0.2) is 4.98 Å². The molecule has 0 N–H and O–H groups in total. The molecule has 0 aromatic carbocycles. The van der Waals surface area contributed by atoms with Crippen molar-refractivity contribution >= 4 is 17.2 Å². The van der Waals surface area contributed by atoms with E-state index in [4.69, 9.17) is 9.47 Å². The molecule has 1 saturated carbocycles. The third kappa shape index (κ3) is 3.44. The van der Waals surface area contributed by atoms with E-state index in [-0.39, 0.29) is 12.2 Å². The van der Waals surface area contributed by atoms with Crippen LogP contribution < -0.4 is 0 Å². The van der Waals surface area contributed by atoms with E-state index in [2.05, 4.69) is 9.88 Å². The van der Waals surface area contributed by atoms with E-state index in [0.717, 1.165) is 49.4 Å². The zero-order valence-electron chi connectivity index (χ0n) is 13.6. The summed E-state index contributed by atoms with van der Waals surface area (Å²) in [5, 5.41) is 3.12. The van der Waals surface area contributed by atoms with Gasteiger partial charge in [0.1, 0.15) is 0 Å². The van der Waals surface area contributed by atoms with Crippen molar-refractivity contribution in [2.45, 2.75) is 63.9 Å². The first-order valence-corrected chi connectivity index (χ1v) is 9.53. The smallest absolute Gasteiger partial charge is 0.226 e. The zero-order valence-corrected chi connectivity index (χ0v) is 14.4. The van der Waals surface area contributed by atoms with Crippen LogP contribution >= 0.6 is 11.3 Å². The monoisotopic (exact) mass is 336 g/mol. The summed E-state index contributed by atoms with van der Waals surface area (Å²) in [6.07, 6.45) is 5.54. The summed E-state index contributed by atoms with van der Waals surface area (Å²) in [5.41, 5.74) is 1.00. The average molecular weight is 336 g/mol. The van der Waals surface area contributed by atoms with Crippen LogP contribution in [0.1, 0.15) is 42.8 Å². The number of carbonyl (C=O) groups is 1. The molecule has 3 atom stereocenters. The largest absolute Gasteiger partial charge is 0.372 e. The van der Waals surface area contributed by atoms with Gasteiger partial charge in [0.25, 0.3) is 0 Å². The number of aromatic nitrogens is 1. The molecule has 126 valence electrons. The van der Waals surface area contributed by atoms with Gasteiger partial charge in [-0.2, -0.15) is 0 Å². The molecule has 1 aromatic heterocycles. The van der Waals surface area contributed by atoms with Crippen molar-refractivity contribution in [3.63, 3.8) is 0 Å². The highest BCUT2D eigenvalue weighted by molar-refractivity contribution is 7.09. The molecular formula is C17H24N2O3S. The normalized spacial score (nSPS) is 30.5. The van der Waals surface area contributed by atoms with Gasteiger partial charge in [-0.1, -0.05) is 0 Å². The Morgan fingerprint density at radius 1 is 1.39 bits per heavy atom. The van der Waals surface area contributed by atoms with Gasteiger partial charge in [0, 0.05) is 17.8 Å². The number of amides is 1. The number of nitrogens with zero attached hydrogens (tertiary/aromatic N) is 2. The van der Waals surface area contributed by atoms with Crippen LogP contribution in [0, 0.1) is 12.8 Å². The quantitative estimate of drug-likeness (QED) is 0.829. The van der Waals surface area contributed by atoms with Crippen molar-refractivity contribution in [2.75, 3.05) is 13.2 Å². The highest BCUT2D eigenvalue weighted by Gasteiger charge is 2.45. The molecule has 0 unspecified atom stereocenters. The second kappa shape index (κ2) is 6.49. The summed E-state index contributed by atoms with van der Waals surface area (Å²) in [6, 6.07) is 0.306. The number of aryl methyl sites for hydroxylation is 1. The maximum absolute atomic E-state index is 12.3. The zero-order chi connectivity index (χ0) is 15.8. The number of hydrogen-bond acceptors (Lipinski definition) is 5. The van der Waals surface area contributed by atoms with E-state index in [1.54, 1.807) is 11.3 Å². The van der Waals surface area contributed by atoms with Gasteiger partial charge in [0.15, 0.2) is 0 Å². The lowest BCUT2D eigenvalue weighted by molar-refractivity contribution is -0.140. The second-order valence-corrected chi connectivity index (χ2v) is 7.97. The van der Waals surface area contributed by atoms with Gasteiger partial charge in [-0.15, -0.1) is 11.3 Å². The van der Waals surface area contributed by atoms with Crippen molar-refractivity contribution < 1.29 is 14.3 Å². The fraction of sp³-hybridized carbons (Fsp3) is 0.765.